The van der Waals surface area contributed by atoms with Crippen molar-refractivity contribution in [1.82, 2.24) is 4.98 Å². The number of ether oxygens (including phenoxy) is 2. The lowest BCUT2D eigenvalue weighted by atomic mass is 9.94. The number of anilines is 1. The van der Waals surface area contributed by atoms with E-state index >= 15 is 0 Å². The molecule has 0 spiro atoms. The van der Waals surface area contributed by atoms with E-state index in [1.54, 1.807) is 42.5 Å². The second kappa shape index (κ2) is 8.88. The van der Waals surface area contributed by atoms with E-state index in [4.69, 9.17) is 21.1 Å². The predicted molar refractivity (Wildman–Crippen MR) is 127 cm³/mol. The number of hydrogen-bond donors (Lipinski definition) is 1. The van der Waals surface area contributed by atoms with Gasteiger partial charge in [0.1, 0.15) is 11.8 Å². The molecule has 2 heterocycles. The lowest BCUT2D eigenvalue weighted by molar-refractivity contribution is -0.132. The van der Waals surface area contributed by atoms with Gasteiger partial charge in [-0.15, -0.1) is 11.3 Å². The van der Waals surface area contributed by atoms with E-state index in [0.717, 1.165) is 10.6 Å². The zero-order valence-corrected chi connectivity index (χ0v) is 20.0. The Labute approximate surface area is 199 Å². The molecule has 1 N–H and O–H groups in total. The third kappa shape index (κ3) is 3.85. The first-order chi connectivity index (χ1) is 15.8. The van der Waals surface area contributed by atoms with Gasteiger partial charge in [0.15, 0.2) is 16.6 Å². The monoisotopic (exact) mass is 484 g/mol. The zero-order chi connectivity index (χ0) is 23.9. The van der Waals surface area contributed by atoms with Gasteiger partial charge >= 0.3 is 5.91 Å². The minimum Gasteiger partial charge on any atom is -0.507 e. The topological polar surface area (TPSA) is 89.0 Å². The van der Waals surface area contributed by atoms with Gasteiger partial charge in [-0.05, 0) is 44.2 Å². The number of carbonyl (C=O) groups is 2. The van der Waals surface area contributed by atoms with Gasteiger partial charge < -0.3 is 14.6 Å². The van der Waals surface area contributed by atoms with Crippen molar-refractivity contribution in [3.05, 3.63) is 74.8 Å². The van der Waals surface area contributed by atoms with Crippen LogP contribution >= 0.6 is 22.9 Å². The van der Waals surface area contributed by atoms with Crippen molar-refractivity contribution in [3.63, 3.8) is 0 Å². The third-order valence-corrected chi connectivity index (χ3v) is 6.84. The SMILES string of the molecule is COc1cccc([C@H]2/C(=C(\O)c3ccc(Cl)cc3)C(=O)C(=O)N2c2nc(C)c(C)s2)c1OC. The van der Waals surface area contributed by atoms with E-state index in [0.29, 0.717) is 32.8 Å². The van der Waals surface area contributed by atoms with Crippen molar-refractivity contribution in [1.29, 1.82) is 0 Å². The highest BCUT2D eigenvalue weighted by atomic mass is 35.5. The molecule has 2 aromatic carbocycles. The molecule has 0 aliphatic carbocycles. The molecule has 0 bridgehead atoms. The lowest BCUT2D eigenvalue weighted by Crippen LogP contribution is -2.29. The first-order valence-corrected chi connectivity index (χ1v) is 11.2. The van der Waals surface area contributed by atoms with Crippen LogP contribution in [0.1, 0.15) is 27.7 Å². The summed E-state index contributed by atoms with van der Waals surface area (Å²) in [5, 5.41) is 12.0. The van der Waals surface area contributed by atoms with E-state index in [-0.39, 0.29) is 11.3 Å². The third-order valence-electron chi connectivity index (χ3n) is 5.51. The van der Waals surface area contributed by atoms with Crippen LogP contribution < -0.4 is 14.4 Å². The Kier molecular flexibility index (Phi) is 6.14. The molecule has 1 atom stereocenters. The Balaban J connectivity index is 2.02. The van der Waals surface area contributed by atoms with Crippen LogP contribution in [0.4, 0.5) is 5.13 Å². The number of aromatic nitrogens is 1. The second-order valence-corrected chi connectivity index (χ2v) is 9.01. The molecule has 1 aromatic heterocycles. The molecular formula is C24H21ClN2O5S. The highest BCUT2D eigenvalue weighted by molar-refractivity contribution is 7.16. The van der Waals surface area contributed by atoms with Gasteiger partial charge in [0.2, 0.25) is 0 Å². The first-order valence-electron chi connectivity index (χ1n) is 10.00. The Bertz CT molecular complexity index is 1260. The molecule has 0 unspecified atom stereocenters. The summed E-state index contributed by atoms with van der Waals surface area (Å²) in [4.78, 5) is 33.3. The van der Waals surface area contributed by atoms with Crippen molar-refractivity contribution in [2.45, 2.75) is 19.9 Å². The van der Waals surface area contributed by atoms with Crippen molar-refractivity contribution in [3.8, 4) is 11.5 Å². The fourth-order valence-electron chi connectivity index (χ4n) is 3.77. The van der Waals surface area contributed by atoms with Crippen LogP contribution in [-0.4, -0.2) is 36.0 Å². The number of thiazole rings is 1. The molecule has 33 heavy (non-hydrogen) atoms. The highest BCUT2D eigenvalue weighted by Gasteiger charge is 2.49. The summed E-state index contributed by atoms with van der Waals surface area (Å²) in [5.41, 5.74) is 1.53. The first kappa shape index (κ1) is 22.8. The minimum absolute atomic E-state index is 0.0700. The number of benzene rings is 2. The zero-order valence-electron chi connectivity index (χ0n) is 18.4. The van der Waals surface area contributed by atoms with Gasteiger partial charge in [-0.25, -0.2) is 4.98 Å². The molecule has 1 amide bonds. The van der Waals surface area contributed by atoms with E-state index < -0.39 is 17.7 Å². The molecule has 4 rings (SSSR count). The highest BCUT2D eigenvalue weighted by Crippen LogP contribution is 2.48. The standard InChI is InChI=1S/C24H21ClN2O5S/c1-12-13(2)33-24(26-12)27-19(16-6-5-7-17(31-3)22(16)32-4)18(21(29)23(27)30)20(28)14-8-10-15(25)11-9-14/h5-11,19,28H,1-4H3/b20-18+/t19-/m0/s1. The molecule has 7 nitrogen and oxygen atoms in total. The van der Waals surface area contributed by atoms with E-state index in [1.165, 1.54) is 30.5 Å². The quantitative estimate of drug-likeness (QED) is 0.309. The van der Waals surface area contributed by atoms with E-state index in [2.05, 4.69) is 4.98 Å². The van der Waals surface area contributed by atoms with Crippen LogP contribution in [0.15, 0.2) is 48.0 Å². The molecule has 170 valence electrons. The van der Waals surface area contributed by atoms with Crippen LogP contribution in [-0.2, 0) is 9.59 Å². The number of halogens is 1. The number of aryl methyl sites for hydroxylation is 2. The van der Waals surface area contributed by atoms with Crippen LogP contribution in [0.3, 0.4) is 0 Å². The van der Waals surface area contributed by atoms with Crippen molar-refractivity contribution >= 4 is 45.5 Å². The maximum atomic E-state index is 13.3. The number of rotatable bonds is 5. The number of Topliss-reactive ketones (excluding diaryl/α,β-unsaturated/α-hetero) is 1. The Morgan fingerprint density at radius 2 is 1.79 bits per heavy atom. The summed E-state index contributed by atoms with van der Waals surface area (Å²) in [6, 6.07) is 10.6. The number of para-hydroxylation sites is 1. The average molecular weight is 485 g/mol. The van der Waals surface area contributed by atoms with Crippen molar-refractivity contribution < 1.29 is 24.2 Å². The maximum Gasteiger partial charge on any atom is 0.301 e. The summed E-state index contributed by atoms with van der Waals surface area (Å²) < 4.78 is 11.0. The van der Waals surface area contributed by atoms with Gasteiger partial charge in [0.25, 0.3) is 5.78 Å². The van der Waals surface area contributed by atoms with Gasteiger partial charge in [0, 0.05) is 21.0 Å². The summed E-state index contributed by atoms with van der Waals surface area (Å²) in [7, 11) is 2.98. The Morgan fingerprint density at radius 1 is 1.09 bits per heavy atom. The molecule has 1 fully saturated rings. The van der Waals surface area contributed by atoms with Gasteiger partial charge in [-0.3, -0.25) is 14.5 Å². The molecule has 0 radical (unpaired) electrons. The largest absolute Gasteiger partial charge is 0.507 e. The molecule has 3 aromatic rings. The Morgan fingerprint density at radius 3 is 2.36 bits per heavy atom. The van der Waals surface area contributed by atoms with Crippen molar-refractivity contribution in [2.75, 3.05) is 19.1 Å². The molecule has 0 saturated carbocycles. The smallest absolute Gasteiger partial charge is 0.301 e. The number of ketones is 1. The molecule has 1 aliphatic heterocycles. The maximum absolute atomic E-state index is 13.3. The fraction of sp³-hybridized carbons (Fsp3) is 0.208. The minimum atomic E-state index is -0.976. The van der Waals surface area contributed by atoms with E-state index in [1.807, 2.05) is 13.8 Å². The average Bonchev–Trinajstić information content (AvgIpc) is 3.28. The number of aliphatic hydroxyl groups excluding tert-OH is 1. The van der Waals surface area contributed by atoms with E-state index in [9.17, 15) is 14.7 Å². The van der Waals surface area contributed by atoms with Crippen LogP contribution in [0.5, 0.6) is 11.5 Å². The molecule has 9 heteroatoms. The Hall–Kier alpha value is -3.36. The van der Waals surface area contributed by atoms with Crippen LogP contribution in [0.25, 0.3) is 5.76 Å². The second-order valence-electron chi connectivity index (χ2n) is 7.40. The summed E-state index contributed by atoms with van der Waals surface area (Å²) in [6.07, 6.45) is 0. The number of amides is 1. The van der Waals surface area contributed by atoms with Gasteiger partial charge in [0.05, 0.1) is 25.5 Å². The molecule has 1 aliphatic rings. The lowest BCUT2D eigenvalue weighted by Gasteiger charge is -2.25. The number of hydrogen-bond acceptors (Lipinski definition) is 7. The normalized spacial score (nSPS) is 17.5. The van der Waals surface area contributed by atoms with Crippen molar-refractivity contribution in [2.24, 2.45) is 0 Å². The van der Waals surface area contributed by atoms with Crippen LogP contribution in [0, 0.1) is 13.8 Å². The van der Waals surface area contributed by atoms with Gasteiger partial charge in [-0.1, -0.05) is 23.7 Å². The molecular weight excluding hydrogens is 464 g/mol. The molecule has 1 saturated heterocycles. The number of nitrogens with zero attached hydrogens (tertiary/aromatic N) is 2. The fourth-order valence-corrected chi connectivity index (χ4v) is 4.84. The van der Waals surface area contributed by atoms with Gasteiger partial charge in [-0.2, -0.15) is 0 Å². The number of methoxy groups -OCH3 is 2. The number of aliphatic hydroxyl groups is 1. The number of carbonyl (C=O) groups excluding carboxylic acids is 2. The predicted octanol–water partition coefficient (Wildman–Crippen LogP) is 5.06. The summed E-state index contributed by atoms with van der Waals surface area (Å²) in [5.74, 6) is -1.13. The summed E-state index contributed by atoms with van der Waals surface area (Å²) >= 11 is 7.28. The summed E-state index contributed by atoms with van der Waals surface area (Å²) in [6.45, 7) is 3.72. The van der Waals surface area contributed by atoms with Crippen LogP contribution in [0.2, 0.25) is 5.02 Å².